The molecule has 0 saturated heterocycles. The molecule has 232 valence electrons. The van der Waals surface area contributed by atoms with E-state index in [0.717, 1.165) is 53.3 Å². The van der Waals surface area contributed by atoms with Crippen molar-refractivity contribution in [2.45, 2.75) is 185 Å². The molecule has 10 unspecified atom stereocenters. The van der Waals surface area contributed by atoms with Gasteiger partial charge in [0.1, 0.15) is 0 Å². The molecular weight excluding hydrogens is 468 g/mol. The highest BCUT2D eigenvalue weighted by molar-refractivity contribution is 5.15. The molecule has 2 aliphatic carbocycles. The average molecular weight is 545 g/mol. The van der Waals surface area contributed by atoms with E-state index >= 15 is 0 Å². The van der Waals surface area contributed by atoms with Crippen LogP contribution in [0.25, 0.3) is 0 Å². The van der Waals surface area contributed by atoms with Gasteiger partial charge in [-0.3, -0.25) is 0 Å². The fourth-order valence-electron chi connectivity index (χ4n) is 10.0. The van der Waals surface area contributed by atoms with Gasteiger partial charge in [0.2, 0.25) is 0 Å². The third-order valence-corrected chi connectivity index (χ3v) is 13.0. The van der Waals surface area contributed by atoms with Crippen LogP contribution in [0.3, 0.4) is 0 Å². The van der Waals surface area contributed by atoms with Crippen LogP contribution in [0.4, 0.5) is 0 Å². The molecule has 39 heavy (non-hydrogen) atoms. The molecule has 2 fully saturated rings. The van der Waals surface area contributed by atoms with Gasteiger partial charge in [-0.2, -0.15) is 0 Å². The van der Waals surface area contributed by atoms with Crippen molar-refractivity contribution in [2.24, 2.45) is 64.1 Å². The number of hydrogen-bond acceptors (Lipinski definition) is 0. The Balaban J connectivity index is 2.34. The smallest absolute Gasteiger partial charge is 0.0232 e. The summed E-state index contributed by atoms with van der Waals surface area (Å²) in [6, 6.07) is 0. The fraction of sp³-hybridized carbons (Fsp3) is 1.00. The molecule has 0 aromatic rings. The van der Waals surface area contributed by atoms with Crippen LogP contribution in [0.5, 0.6) is 0 Å². The van der Waals surface area contributed by atoms with E-state index in [1.807, 2.05) is 0 Å². The second kappa shape index (κ2) is 16.6. The summed E-state index contributed by atoms with van der Waals surface area (Å²) in [5, 5.41) is 0. The van der Waals surface area contributed by atoms with Crippen LogP contribution in [0.15, 0.2) is 0 Å². The lowest BCUT2D eigenvalue weighted by Gasteiger charge is -2.34. The lowest BCUT2D eigenvalue weighted by atomic mass is 9.71. The molecule has 2 aliphatic rings. The number of hydrogen-bond donors (Lipinski definition) is 0. The third-order valence-electron chi connectivity index (χ3n) is 13.0. The van der Waals surface area contributed by atoms with Gasteiger partial charge < -0.3 is 0 Å². The monoisotopic (exact) mass is 545 g/mol. The normalized spacial score (nSPS) is 37.8. The second-order valence-electron chi connectivity index (χ2n) is 16.4. The largest absolute Gasteiger partial charge is 0.0654 e. The molecule has 0 heteroatoms. The van der Waals surface area contributed by atoms with Crippen molar-refractivity contribution in [1.29, 1.82) is 0 Å². The van der Waals surface area contributed by atoms with Gasteiger partial charge in [-0.05, 0) is 83.4 Å². The molecule has 0 aromatic carbocycles. The van der Waals surface area contributed by atoms with Crippen molar-refractivity contribution in [1.82, 2.24) is 0 Å². The van der Waals surface area contributed by atoms with Crippen molar-refractivity contribution >= 4 is 0 Å². The minimum atomic E-state index is 0.467. The zero-order chi connectivity index (χ0) is 29.2. The van der Waals surface area contributed by atoms with Crippen molar-refractivity contribution < 1.29 is 0 Å². The molecule has 0 radical (unpaired) electrons. The number of rotatable bonds is 12. The highest BCUT2D eigenvalue weighted by Gasteiger charge is 2.67. The minimum absolute atomic E-state index is 0.467. The molecule has 0 nitrogen and oxygen atoms in total. The lowest BCUT2D eigenvalue weighted by molar-refractivity contribution is 0.156. The van der Waals surface area contributed by atoms with Crippen molar-refractivity contribution in [2.75, 3.05) is 0 Å². The van der Waals surface area contributed by atoms with Gasteiger partial charge in [0.05, 0.1) is 0 Å². The van der Waals surface area contributed by atoms with Gasteiger partial charge in [0.15, 0.2) is 0 Å². The molecule has 0 heterocycles. The van der Waals surface area contributed by atoms with Gasteiger partial charge >= 0.3 is 0 Å². The molecule has 2 rings (SSSR count). The first-order valence-electron chi connectivity index (χ1n) is 18.5. The summed E-state index contributed by atoms with van der Waals surface area (Å²) < 4.78 is 0. The SMILES string of the molecule is CCCCC(CC)CCC(C)C1(C)C2CC(CCC)C(C)C(C)CCCC(C)CCC(CCC)CC(C)(C)C21. The summed E-state index contributed by atoms with van der Waals surface area (Å²) in [6.07, 6.45) is 24.4. The fourth-order valence-corrected chi connectivity index (χ4v) is 10.0. The van der Waals surface area contributed by atoms with E-state index < -0.39 is 0 Å². The minimum Gasteiger partial charge on any atom is -0.0654 e. The Morgan fingerprint density at radius 3 is 2.08 bits per heavy atom. The number of unbranched alkanes of at least 4 members (excludes halogenated alkanes) is 1. The summed E-state index contributed by atoms with van der Waals surface area (Å²) in [4.78, 5) is 0. The topological polar surface area (TPSA) is 0 Å². The molecule has 0 bridgehead atoms. The molecular formula is C39H76. The molecule has 0 spiro atoms. The van der Waals surface area contributed by atoms with E-state index in [2.05, 4.69) is 76.2 Å². The highest BCUT2D eigenvalue weighted by Crippen LogP contribution is 2.73. The van der Waals surface area contributed by atoms with E-state index in [1.165, 1.54) is 109 Å². The zero-order valence-electron chi connectivity index (χ0n) is 29.2. The Morgan fingerprint density at radius 1 is 0.769 bits per heavy atom. The molecule has 0 N–H and O–H groups in total. The summed E-state index contributed by atoms with van der Waals surface area (Å²) >= 11 is 0. The van der Waals surface area contributed by atoms with Gasteiger partial charge in [-0.15, -0.1) is 0 Å². The summed E-state index contributed by atoms with van der Waals surface area (Å²) in [7, 11) is 0. The first kappa shape index (κ1) is 35.2. The maximum atomic E-state index is 2.78. The average Bonchev–Trinajstić information content (AvgIpc) is 3.51. The Bertz CT molecular complexity index is 646. The van der Waals surface area contributed by atoms with Crippen LogP contribution < -0.4 is 0 Å². The lowest BCUT2D eigenvalue weighted by Crippen LogP contribution is -2.25. The van der Waals surface area contributed by atoms with Gasteiger partial charge in [-0.1, -0.05) is 166 Å². The first-order valence-corrected chi connectivity index (χ1v) is 18.5. The number of fused-ring (bicyclic) bond motifs is 1. The van der Waals surface area contributed by atoms with Gasteiger partial charge in [0, 0.05) is 0 Å². The molecule has 0 aromatic heterocycles. The van der Waals surface area contributed by atoms with Crippen LogP contribution in [-0.4, -0.2) is 0 Å². The molecule has 2 saturated carbocycles. The van der Waals surface area contributed by atoms with Crippen LogP contribution in [-0.2, 0) is 0 Å². The molecule has 10 atom stereocenters. The second-order valence-corrected chi connectivity index (χ2v) is 16.4. The van der Waals surface area contributed by atoms with Crippen molar-refractivity contribution in [3.63, 3.8) is 0 Å². The van der Waals surface area contributed by atoms with Crippen LogP contribution in [0, 0.1) is 64.1 Å². The Kier molecular flexibility index (Phi) is 15.0. The Labute approximate surface area is 249 Å². The van der Waals surface area contributed by atoms with Crippen LogP contribution >= 0.6 is 0 Å². The maximum absolute atomic E-state index is 2.78. The van der Waals surface area contributed by atoms with E-state index in [9.17, 15) is 0 Å². The predicted molar refractivity (Wildman–Crippen MR) is 177 cm³/mol. The highest BCUT2D eigenvalue weighted by atomic mass is 14.7. The third kappa shape index (κ3) is 9.77. The maximum Gasteiger partial charge on any atom is -0.0232 e. The zero-order valence-corrected chi connectivity index (χ0v) is 29.2. The summed E-state index contributed by atoms with van der Waals surface area (Å²) in [5.41, 5.74) is 1.01. The quantitative estimate of drug-likeness (QED) is 0.229. The van der Waals surface area contributed by atoms with E-state index in [4.69, 9.17) is 0 Å². The van der Waals surface area contributed by atoms with Gasteiger partial charge in [-0.25, -0.2) is 0 Å². The van der Waals surface area contributed by atoms with E-state index in [1.54, 1.807) is 0 Å². The molecule has 0 aliphatic heterocycles. The van der Waals surface area contributed by atoms with Crippen molar-refractivity contribution in [3.8, 4) is 0 Å². The van der Waals surface area contributed by atoms with Crippen LogP contribution in [0.1, 0.15) is 185 Å². The van der Waals surface area contributed by atoms with E-state index in [0.29, 0.717) is 10.8 Å². The predicted octanol–water partition coefficient (Wildman–Crippen LogP) is 13.4. The standard InChI is InChI=1S/C39H76/c1-12-16-22-33(15-4)26-24-31(7)39(11)36-27-35(19-14-3)32(8)30(6)21-17-20-29(5)23-25-34(18-13-2)28-38(9,10)37(36)39/h29-37H,12-28H2,1-11H3. The Morgan fingerprint density at radius 2 is 1.46 bits per heavy atom. The summed E-state index contributed by atoms with van der Waals surface area (Å²) in [6.45, 7) is 28.4. The summed E-state index contributed by atoms with van der Waals surface area (Å²) in [5.74, 6) is 8.19. The van der Waals surface area contributed by atoms with Crippen molar-refractivity contribution in [3.05, 3.63) is 0 Å². The van der Waals surface area contributed by atoms with Crippen LogP contribution in [0.2, 0.25) is 0 Å². The van der Waals surface area contributed by atoms with Gasteiger partial charge in [0.25, 0.3) is 0 Å². The van der Waals surface area contributed by atoms with E-state index in [-0.39, 0.29) is 0 Å². The Hall–Kier alpha value is 0. The first-order chi connectivity index (χ1) is 18.5. The molecule has 0 amide bonds.